The van der Waals surface area contributed by atoms with Crippen LogP contribution in [0.1, 0.15) is 62.5 Å². The van der Waals surface area contributed by atoms with E-state index in [0.29, 0.717) is 5.92 Å². The van der Waals surface area contributed by atoms with E-state index in [-0.39, 0.29) is 6.04 Å². The largest absolute Gasteiger partial charge is 0.373 e. The van der Waals surface area contributed by atoms with Crippen LogP contribution in [-0.4, -0.2) is 49.2 Å². The van der Waals surface area contributed by atoms with Crippen LogP contribution in [0.25, 0.3) is 10.9 Å². The number of nitrogens with zero attached hydrogens (tertiary/aromatic N) is 5. The molecule has 5 rings (SSSR count). The Labute approximate surface area is 179 Å². The Hall–Kier alpha value is -2.21. The first-order chi connectivity index (χ1) is 14.7. The minimum absolute atomic E-state index is 0.278. The number of hydrogen-bond donors (Lipinski definition) is 1. The summed E-state index contributed by atoms with van der Waals surface area (Å²) < 4.78 is 0. The van der Waals surface area contributed by atoms with Gasteiger partial charge in [0.25, 0.3) is 0 Å². The van der Waals surface area contributed by atoms with Gasteiger partial charge in [0.2, 0.25) is 0 Å². The number of hydrogen-bond acceptors (Lipinski definition) is 6. The first-order valence-corrected chi connectivity index (χ1v) is 11.8. The lowest BCUT2D eigenvalue weighted by Crippen LogP contribution is -2.43. The zero-order valence-corrected chi connectivity index (χ0v) is 18.4. The number of anilines is 2. The van der Waals surface area contributed by atoms with Crippen molar-refractivity contribution < 1.29 is 0 Å². The monoisotopic (exact) mass is 406 g/mol. The van der Waals surface area contributed by atoms with Gasteiger partial charge in [0.15, 0.2) is 0 Å². The molecule has 1 unspecified atom stereocenters. The molecule has 6 nitrogen and oxygen atoms in total. The van der Waals surface area contributed by atoms with Crippen molar-refractivity contribution in [2.75, 3.05) is 43.6 Å². The van der Waals surface area contributed by atoms with Crippen LogP contribution >= 0.6 is 0 Å². The average molecular weight is 407 g/mol. The molecule has 0 bridgehead atoms. The van der Waals surface area contributed by atoms with Gasteiger partial charge in [0.05, 0.1) is 17.7 Å². The predicted octanol–water partition coefficient (Wildman–Crippen LogP) is 5.15. The second kappa shape index (κ2) is 8.50. The zero-order valence-electron chi connectivity index (χ0n) is 18.4. The molecule has 2 aliphatic heterocycles. The number of nitrogens with one attached hydrogen (secondary N) is 1. The van der Waals surface area contributed by atoms with Crippen molar-refractivity contribution in [3.05, 3.63) is 29.3 Å². The summed E-state index contributed by atoms with van der Waals surface area (Å²) in [5.41, 5.74) is 5.08. The van der Waals surface area contributed by atoms with E-state index in [2.05, 4.69) is 50.7 Å². The van der Waals surface area contributed by atoms with Gasteiger partial charge in [0.1, 0.15) is 11.9 Å². The van der Waals surface area contributed by atoms with Gasteiger partial charge in [-0.3, -0.25) is 0 Å². The van der Waals surface area contributed by atoms with E-state index in [1.54, 1.807) is 0 Å². The van der Waals surface area contributed by atoms with E-state index >= 15 is 0 Å². The summed E-state index contributed by atoms with van der Waals surface area (Å²) in [7, 11) is 1.97. The Bertz CT molecular complexity index is 929. The first kappa shape index (κ1) is 19.7. The maximum absolute atomic E-state index is 4.93. The smallest absolute Gasteiger partial charge is 0.126 e. The summed E-state index contributed by atoms with van der Waals surface area (Å²) in [5, 5.41) is 15.9. The molecule has 2 aromatic rings. The Kier molecular flexibility index (Phi) is 5.59. The summed E-state index contributed by atoms with van der Waals surface area (Å²) in [6, 6.07) is 7.21. The molecule has 1 atom stereocenters. The van der Waals surface area contributed by atoms with Gasteiger partial charge < -0.3 is 10.2 Å². The van der Waals surface area contributed by atoms with Gasteiger partial charge in [0, 0.05) is 19.0 Å². The molecule has 1 saturated heterocycles. The summed E-state index contributed by atoms with van der Waals surface area (Å²) in [6.45, 7) is 6.57. The lowest BCUT2D eigenvalue weighted by atomic mass is 9.82. The van der Waals surface area contributed by atoms with Gasteiger partial charge in [-0.15, -0.1) is 0 Å². The topological polar surface area (TPSA) is 56.1 Å². The molecule has 0 spiro atoms. The standard InChI is InChI=1S/C24H34N6/c1-3-17-12-21-20(18-8-5-4-6-9-18)13-24(25-2)26-22(21)14-23(17)30-16-19(27-28-30)15-29-10-7-11-29/h12-14,18-19H,3-11,15-16H2,1-2H3,(H,25,26). The van der Waals surface area contributed by atoms with Crippen LogP contribution in [0.3, 0.4) is 0 Å². The van der Waals surface area contributed by atoms with Crippen LogP contribution < -0.4 is 10.3 Å². The zero-order chi connectivity index (χ0) is 20.5. The summed E-state index contributed by atoms with van der Waals surface area (Å²) in [6.07, 6.45) is 8.96. The van der Waals surface area contributed by atoms with E-state index in [1.807, 2.05) is 7.05 Å². The van der Waals surface area contributed by atoms with E-state index in [1.165, 1.54) is 73.8 Å². The quantitative estimate of drug-likeness (QED) is 0.721. The second-order valence-corrected chi connectivity index (χ2v) is 9.13. The molecule has 3 heterocycles. The highest BCUT2D eigenvalue weighted by Gasteiger charge is 2.27. The number of benzene rings is 1. The van der Waals surface area contributed by atoms with Crippen molar-refractivity contribution in [1.29, 1.82) is 0 Å². The summed E-state index contributed by atoms with van der Waals surface area (Å²) in [4.78, 5) is 7.41. The fraction of sp³-hybridized carbons (Fsp3) is 0.625. The van der Waals surface area contributed by atoms with Crippen LogP contribution in [0.4, 0.5) is 11.5 Å². The highest BCUT2D eigenvalue weighted by Crippen LogP contribution is 2.39. The highest BCUT2D eigenvalue weighted by atomic mass is 15.6. The van der Waals surface area contributed by atoms with Crippen LogP contribution in [0.2, 0.25) is 0 Å². The number of rotatable bonds is 6. The van der Waals surface area contributed by atoms with Gasteiger partial charge >= 0.3 is 0 Å². The van der Waals surface area contributed by atoms with Crippen molar-refractivity contribution in [2.24, 2.45) is 10.3 Å². The summed E-state index contributed by atoms with van der Waals surface area (Å²) >= 11 is 0. The molecule has 3 aliphatic rings. The second-order valence-electron chi connectivity index (χ2n) is 9.13. The lowest BCUT2D eigenvalue weighted by Gasteiger charge is -2.31. The van der Waals surface area contributed by atoms with Crippen molar-refractivity contribution in [3.8, 4) is 0 Å². The third-order valence-electron chi connectivity index (χ3n) is 7.13. The minimum Gasteiger partial charge on any atom is -0.373 e. The number of aromatic nitrogens is 1. The van der Waals surface area contributed by atoms with Gasteiger partial charge in [-0.25, -0.2) is 9.99 Å². The fourth-order valence-corrected chi connectivity index (χ4v) is 5.25. The molecule has 6 heteroatoms. The third-order valence-corrected chi connectivity index (χ3v) is 7.13. The Morgan fingerprint density at radius 2 is 1.90 bits per heavy atom. The molecule has 160 valence electrons. The molecule has 0 radical (unpaired) electrons. The SMILES string of the molecule is CCc1cc2c(C3CCCCC3)cc(NC)nc2cc1N1CC(CN2CCC2)N=N1. The molecule has 1 aromatic carbocycles. The Morgan fingerprint density at radius 3 is 2.60 bits per heavy atom. The van der Waals surface area contributed by atoms with E-state index in [4.69, 9.17) is 4.98 Å². The number of fused-ring (bicyclic) bond motifs is 1. The minimum atomic E-state index is 0.278. The molecule has 1 saturated carbocycles. The number of aryl methyl sites for hydroxylation is 1. The summed E-state index contributed by atoms with van der Waals surface area (Å²) in [5.74, 6) is 1.62. The van der Waals surface area contributed by atoms with Crippen molar-refractivity contribution in [3.63, 3.8) is 0 Å². The van der Waals surface area contributed by atoms with Crippen molar-refractivity contribution in [1.82, 2.24) is 9.88 Å². The fourth-order valence-electron chi connectivity index (χ4n) is 5.25. The van der Waals surface area contributed by atoms with Gasteiger partial charge in [-0.05, 0) is 74.0 Å². The van der Waals surface area contributed by atoms with E-state index in [9.17, 15) is 0 Å². The van der Waals surface area contributed by atoms with Gasteiger partial charge in [-0.2, -0.15) is 5.11 Å². The first-order valence-electron chi connectivity index (χ1n) is 11.8. The molecular weight excluding hydrogens is 372 g/mol. The maximum Gasteiger partial charge on any atom is 0.126 e. The third kappa shape index (κ3) is 3.78. The molecule has 1 aromatic heterocycles. The molecular formula is C24H34N6. The van der Waals surface area contributed by atoms with Crippen LogP contribution in [-0.2, 0) is 6.42 Å². The lowest BCUT2D eigenvalue weighted by molar-refractivity contribution is 0.173. The Balaban J connectivity index is 1.49. The average Bonchev–Trinajstić information content (AvgIpc) is 3.23. The van der Waals surface area contributed by atoms with E-state index in [0.717, 1.165) is 30.8 Å². The number of pyridine rings is 1. The van der Waals surface area contributed by atoms with Crippen molar-refractivity contribution >= 4 is 22.4 Å². The molecule has 2 fully saturated rings. The van der Waals surface area contributed by atoms with Crippen LogP contribution in [0.5, 0.6) is 0 Å². The van der Waals surface area contributed by atoms with Crippen LogP contribution in [0, 0.1) is 0 Å². The molecule has 1 N–H and O–H groups in total. The van der Waals surface area contributed by atoms with Crippen molar-refractivity contribution in [2.45, 2.75) is 63.8 Å². The molecule has 30 heavy (non-hydrogen) atoms. The van der Waals surface area contributed by atoms with E-state index < -0.39 is 0 Å². The highest BCUT2D eigenvalue weighted by molar-refractivity contribution is 5.89. The number of likely N-dealkylation sites (tertiary alicyclic amines) is 1. The maximum atomic E-state index is 4.93. The normalized spacial score (nSPS) is 22.6. The van der Waals surface area contributed by atoms with Crippen LogP contribution in [0.15, 0.2) is 28.5 Å². The predicted molar refractivity (Wildman–Crippen MR) is 124 cm³/mol. The van der Waals surface area contributed by atoms with Gasteiger partial charge in [-0.1, -0.05) is 31.4 Å². The Morgan fingerprint density at radius 1 is 1.07 bits per heavy atom. The molecule has 0 amide bonds. The molecule has 1 aliphatic carbocycles.